The van der Waals surface area contributed by atoms with Gasteiger partial charge in [-0.2, -0.15) is 4.98 Å². The number of fused-ring (bicyclic) bond motifs is 3. The molecule has 2 N–H and O–H groups in total. The van der Waals surface area contributed by atoms with E-state index in [4.69, 9.17) is 9.26 Å². The normalized spacial score (nSPS) is 25.2. The highest BCUT2D eigenvalue weighted by molar-refractivity contribution is 7.17. The van der Waals surface area contributed by atoms with Crippen LogP contribution < -0.4 is 5.32 Å². The first-order chi connectivity index (χ1) is 16.3. The Bertz CT molecular complexity index is 1210. The molecule has 0 aliphatic heterocycles. The smallest absolute Gasteiger partial charge is 0.449 e. The van der Waals surface area contributed by atoms with Crippen LogP contribution in [0.1, 0.15) is 67.1 Å². The largest absolute Gasteiger partial charge is 0.511 e. The lowest BCUT2D eigenvalue weighted by Crippen LogP contribution is -2.34. The van der Waals surface area contributed by atoms with Crippen LogP contribution in [0.4, 0.5) is 18.6 Å². The van der Waals surface area contributed by atoms with E-state index in [9.17, 15) is 23.5 Å². The average molecular weight is 492 g/mol. The number of anilines is 1. The van der Waals surface area contributed by atoms with Gasteiger partial charge in [0.2, 0.25) is 0 Å². The predicted molar refractivity (Wildman–Crippen MR) is 117 cm³/mol. The Labute approximate surface area is 197 Å². The van der Waals surface area contributed by atoms with Gasteiger partial charge in [0.05, 0.1) is 11.1 Å². The zero-order chi connectivity index (χ0) is 23.6. The lowest BCUT2D eigenvalue weighted by atomic mass is 9.70. The minimum Gasteiger partial charge on any atom is -0.449 e. The number of carboxylic acid groups (broad SMARTS) is 1. The first-order valence-corrected chi connectivity index (χ1v) is 12.4. The summed E-state index contributed by atoms with van der Waals surface area (Å²) in [7, 11) is 0. The van der Waals surface area contributed by atoms with Crippen molar-refractivity contribution in [1.29, 1.82) is 0 Å². The van der Waals surface area contributed by atoms with Gasteiger partial charge in [-0.1, -0.05) is 5.16 Å². The Hall–Kier alpha value is -2.82. The van der Waals surface area contributed by atoms with Crippen molar-refractivity contribution in [2.75, 3.05) is 5.32 Å². The number of aromatic nitrogens is 2. The number of nitrogens with one attached hydrogen (secondary N) is 1. The number of carbonyl (C=O) groups is 2. The number of ether oxygens (including phenoxy) is 1. The zero-order valence-electron chi connectivity index (χ0n) is 18.2. The van der Waals surface area contributed by atoms with E-state index in [2.05, 4.69) is 15.5 Å². The van der Waals surface area contributed by atoms with Crippen LogP contribution in [0.15, 0.2) is 15.9 Å². The number of allylic oxidation sites excluding steroid dienone is 1. The topological polar surface area (TPSA) is 115 Å². The van der Waals surface area contributed by atoms with Crippen LogP contribution in [0.2, 0.25) is 0 Å². The van der Waals surface area contributed by atoms with Crippen molar-refractivity contribution in [2.45, 2.75) is 69.6 Å². The molecule has 11 heteroatoms. The fourth-order valence-electron chi connectivity index (χ4n) is 5.47. The number of carbonyl (C=O) groups excluding carboxylic acids is 1. The molecule has 2 aromatic heterocycles. The summed E-state index contributed by atoms with van der Waals surface area (Å²) in [5.41, 5.74) is 1.56. The van der Waals surface area contributed by atoms with E-state index in [1.54, 1.807) is 0 Å². The number of hydrogen-bond donors (Lipinski definition) is 2. The summed E-state index contributed by atoms with van der Waals surface area (Å²) in [6.45, 7) is 0. The summed E-state index contributed by atoms with van der Waals surface area (Å²) in [6.07, 6.45) is 3.12. The summed E-state index contributed by atoms with van der Waals surface area (Å²) < 4.78 is 38.9. The van der Waals surface area contributed by atoms with Crippen molar-refractivity contribution >= 4 is 28.4 Å². The Morgan fingerprint density at radius 3 is 2.53 bits per heavy atom. The molecule has 2 bridgehead atoms. The van der Waals surface area contributed by atoms with Crippen molar-refractivity contribution in [3.8, 4) is 11.5 Å². The highest BCUT2D eigenvalue weighted by Gasteiger charge is 2.42. The van der Waals surface area contributed by atoms with E-state index in [0.29, 0.717) is 32.4 Å². The van der Waals surface area contributed by atoms with Crippen LogP contribution in [0.25, 0.3) is 11.5 Å². The quantitative estimate of drug-likeness (QED) is 0.530. The van der Waals surface area contributed by atoms with Crippen LogP contribution in [-0.4, -0.2) is 33.2 Å². The van der Waals surface area contributed by atoms with Crippen molar-refractivity contribution < 1.29 is 32.7 Å². The first kappa shape index (κ1) is 21.7. The van der Waals surface area contributed by atoms with Crippen LogP contribution >= 0.6 is 11.3 Å². The van der Waals surface area contributed by atoms with Crippen molar-refractivity contribution in [3.05, 3.63) is 27.6 Å². The number of alkyl halides is 2. The molecule has 1 amide bonds. The minimum absolute atomic E-state index is 0.0911. The van der Waals surface area contributed by atoms with Crippen molar-refractivity contribution in [1.82, 2.24) is 10.1 Å². The van der Waals surface area contributed by atoms with Gasteiger partial charge < -0.3 is 19.7 Å². The highest BCUT2D eigenvalue weighted by atomic mass is 32.1. The third kappa shape index (κ3) is 3.79. The highest BCUT2D eigenvalue weighted by Crippen LogP contribution is 2.49. The molecule has 0 radical (unpaired) electrons. The minimum atomic E-state index is -2.81. The number of rotatable bonds is 5. The molecule has 0 saturated heterocycles. The number of hydrogen-bond acceptors (Lipinski definition) is 7. The standard InChI is InChI=1S/C23H23F2N3O5S/c24-23(25)8-7-13-14(9-23)34-21(16(13)20-26-18(28-33-20)12-5-6-12)27-19(29)15-10-1-3-11(4-2-10)17(15)32-22(30)31/h10-12H,1-9H2,(H,27,29)(H,30,31). The lowest BCUT2D eigenvalue weighted by Gasteiger charge is -2.37. The molecule has 0 atom stereocenters. The molecule has 7 rings (SSSR count). The van der Waals surface area contributed by atoms with Crippen molar-refractivity contribution in [2.24, 2.45) is 11.8 Å². The molecule has 34 heavy (non-hydrogen) atoms. The predicted octanol–water partition coefficient (Wildman–Crippen LogP) is 5.51. The van der Waals surface area contributed by atoms with E-state index in [1.807, 2.05) is 0 Å². The second kappa shape index (κ2) is 7.86. The second-order valence-corrected chi connectivity index (χ2v) is 10.7. The molecule has 2 heterocycles. The average Bonchev–Trinajstić information content (AvgIpc) is 3.42. The van der Waals surface area contributed by atoms with Crippen LogP contribution in [0, 0.1) is 11.8 Å². The maximum Gasteiger partial charge on any atom is 0.511 e. The van der Waals surface area contributed by atoms with Gasteiger partial charge in [0.1, 0.15) is 10.8 Å². The Morgan fingerprint density at radius 2 is 1.82 bits per heavy atom. The molecule has 0 aromatic carbocycles. The van der Waals surface area contributed by atoms with Gasteiger partial charge in [0.25, 0.3) is 17.7 Å². The lowest BCUT2D eigenvalue weighted by molar-refractivity contribution is -0.114. The molecule has 180 valence electrons. The van der Waals surface area contributed by atoms with E-state index in [1.165, 1.54) is 0 Å². The van der Waals surface area contributed by atoms with E-state index < -0.39 is 24.4 Å². The summed E-state index contributed by atoms with van der Waals surface area (Å²) in [6, 6.07) is 0. The molecule has 8 nitrogen and oxygen atoms in total. The number of amides is 1. The third-order valence-corrected chi connectivity index (χ3v) is 8.44. The Morgan fingerprint density at radius 1 is 1.12 bits per heavy atom. The second-order valence-electron chi connectivity index (χ2n) is 9.62. The van der Waals surface area contributed by atoms with Crippen molar-refractivity contribution in [3.63, 3.8) is 0 Å². The summed E-state index contributed by atoms with van der Waals surface area (Å²) in [4.78, 5) is 29.7. The fourth-order valence-corrected chi connectivity index (χ4v) is 6.79. The van der Waals surface area contributed by atoms with Gasteiger partial charge >= 0.3 is 6.16 Å². The van der Waals surface area contributed by atoms with E-state index in [0.717, 1.165) is 49.9 Å². The van der Waals surface area contributed by atoms with Crippen LogP contribution in [0.3, 0.4) is 0 Å². The third-order valence-electron chi connectivity index (χ3n) is 7.29. The molecule has 0 spiro atoms. The number of nitrogens with zero attached hydrogens (tertiary/aromatic N) is 2. The van der Waals surface area contributed by atoms with Gasteiger partial charge in [0, 0.05) is 29.6 Å². The monoisotopic (exact) mass is 491 g/mol. The number of thiophene rings is 1. The van der Waals surface area contributed by atoms with E-state index >= 15 is 0 Å². The molecule has 5 aliphatic carbocycles. The Kier molecular flexibility index (Phi) is 5.02. The zero-order valence-corrected chi connectivity index (χ0v) is 19.1. The SMILES string of the molecule is O=C(O)OC1=C(C(=O)Nc2sc3c(c2-c2nc(C4CC4)no2)CCC(F)(F)C3)C2CCC1CC2. The molecule has 5 aliphatic rings. The fraction of sp³-hybridized carbons (Fsp3) is 0.565. The summed E-state index contributed by atoms with van der Waals surface area (Å²) >= 11 is 1.10. The van der Waals surface area contributed by atoms with Gasteiger partial charge in [0.15, 0.2) is 5.82 Å². The van der Waals surface area contributed by atoms with Crippen LogP contribution in [-0.2, 0) is 22.4 Å². The summed E-state index contributed by atoms with van der Waals surface area (Å²) in [5, 5.41) is 16.5. The molecular weight excluding hydrogens is 468 g/mol. The molecule has 2 fully saturated rings. The number of halogens is 2. The molecule has 2 aromatic rings. The maximum absolute atomic E-state index is 14.2. The van der Waals surface area contributed by atoms with Crippen LogP contribution in [0.5, 0.6) is 0 Å². The van der Waals surface area contributed by atoms with Gasteiger partial charge in [-0.05, 0) is 56.4 Å². The molecule has 0 unspecified atom stereocenters. The first-order valence-electron chi connectivity index (χ1n) is 11.6. The Balaban J connectivity index is 1.39. The van der Waals surface area contributed by atoms with E-state index in [-0.39, 0.29) is 42.2 Å². The van der Waals surface area contributed by atoms with Gasteiger partial charge in [-0.3, -0.25) is 4.79 Å². The van der Waals surface area contributed by atoms with Gasteiger partial charge in [-0.25, -0.2) is 13.6 Å². The molecule has 2 saturated carbocycles. The molecular formula is C23H23F2N3O5S. The van der Waals surface area contributed by atoms with Gasteiger partial charge in [-0.15, -0.1) is 11.3 Å². The summed E-state index contributed by atoms with van der Waals surface area (Å²) in [5.74, 6) is -2.17. The maximum atomic E-state index is 14.2.